The molecule has 3 fully saturated rings. The first-order valence-corrected chi connectivity index (χ1v) is 11.1. The van der Waals surface area contributed by atoms with Gasteiger partial charge in [-0.25, -0.2) is 0 Å². The summed E-state index contributed by atoms with van der Waals surface area (Å²) in [5, 5.41) is 63.8. The predicted octanol–water partition coefficient (Wildman–Crippen LogP) is -6.82. The molecule has 1 saturated carbocycles. The number of ether oxygens (including phenoxy) is 4. The van der Waals surface area contributed by atoms with Gasteiger partial charge in [0.2, 0.25) is 0 Å². The molecule has 0 aromatic rings. The van der Waals surface area contributed by atoms with Gasteiger partial charge in [0.25, 0.3) is 0 Å². The molecule has 34 heavy (non-hydrogen) atoms. The van der Waals surface area contributed by atoms with Crippen LogP contribution in [0.3, 0.4) is 0 Å². The second kappa shape index (κ2) is 11.9. The third kappa shape index (κ3) is 5.74. The number of aldehydes is 1. The van der Waals surface area contributed by atoms with Crippen molar-refractivity contribution in [2.24, 2.45) is 17.2 Å². The Morgan fingerprint density at radius 2 is 1.53 bits per heavy atom. The summed E-state index contributed by atoms with van der Waals surface area (Å²) in [7, 11) is 0. The molecule has 2 aliphatic heterocycles. The van der Waals surface area contributed by atoms with Crippen molar-refractivity contribution in [3.8, 4) is 0 Å². The lowest BCUT2D eigenvalue weighted by atomic mass is 9.84. The molecular weight excluding hydrogens is 460 g/mol. The van der Waals surface area contributed by atoms with E-state index in [1.165, 1.54) is 0 Å². The molecule has 3 aliphatic rings. The van der Waals surface area contributed by atoms with Gasteiger partial charge in [0, 0.05) is 12.1 Å². The van der Waals surface area contributed by atoms with Gasteiger partial charge in [-0.3, -0.25) is 0 Å². The Labute approximate surface area is 195 Å². The minimum Gasteiger partial charge on any atom is -0.394 e. The summed E-state index contributed by atoms with van der Waals surface area (Å²) in [5.41, 5.74) is 18.2. The molecule has 0 unspecified atom stereocenters. The molecule has 0 aromatic heterocycles. The van der Waals surface area contributed by atoms with Crippen LogP contribution in [0.25, 0.3) is 0 Å². The summed E-state index contributed by atoms with van der Waals surface area (Å²) >= 11 is 0. The molecular formula is C19H36N4O11. The predicted molar refractivity (Wildman–Crippen MR) is 112 cm³/mol. The van der Waals surface area contributed by atoms with Crippen molar-refractivity contribution in [2.45, 2.75) is 92.0 Å². The number of hydrogen-bond acceptors (Lipinski definition) is 15. The molecule has 3 rings (SSSR count). The van der Waals surface area contributed by atoms with Crippen molar-refractivity contribution in [1.29, 1.82) is 0 Å². The maximum Gasteiger partial charge on any atom is 0.185 e. The van der Waals surface area contributed by atoms with E-state index in [0.29, 0.717) is 6.29 Å². The fourth-order valence-corrected chi connectivity index (χ4v) is 4.53. The van der Waals surface area contributed by atoms with Crippen LogP contribution in [-0.4, -0.2) is 142 Å². The average Bonchev–Trinajstić information content (AvgIpc) is 2.80. The zero-order valence-electron chi connectivity index (χ0n) is 18.4. The Morgan fingerprint density at radius 1 is 0.912 bits per heavy atom. The first-order valence-electron chi connectivity index (χ1n) is 11.1. The SMILES string of the molecule is N[C@@H]1[C@@H](O[C@H]2[C@H](O)[C@@H](O[C@@H]3OC[C@H](O)[C@@H](NCC=O)[C@H]3O)[C@H](N)C[C@H]2N)O[C@H](CO)[C@@H](O)[C@H]1O. The molecule has 0 bridgehead atoms. The van der Waals surface area contributed by atoms with Crippen molar-refractivity contribution in [3.63, 3.8) is 0 Å². The van der Waals surface area contributed by atoms with Gasteiger partial charge in [-0.15, -0.1) is 0 Å². The Balaban J connectivity index is 1.69. The lowest BCUT2D eigenvalue weighted by molar-refractivity contribution is -0.311. The molecule has 1 aliphatic carbocycles. The maximum absolute atomic E-state index is 11.0. The van der Waals surface area contributed by atoms with Crippen LogP contribution in [0.1, 0.15) is 6.42 Å². The van der Waals surface area contributed by atoms with E-state index in [-0.39, 0.29) is 19.6 Å². The quantitative estimate of drug-likeness (QED) is 0.140. The van der Waals surface area contributed by atoms with E-state index >= 15 is 0 Å². The number of carbonyl (C=O) groups is 1. The third-order valence-electron chi connectivity index (χ3n) is 6.50. The number of aliphatic hydroxyl groups is 6. The Hall–Kier alpha value is -0.890. The molecule has 14 atom stereocenters. The summed E-state index contributed by atoms with van der Waals surface area (Å²) in [6, 6.07) is -3.71. The number of carbonyl (C=O) groups excluding carboxylic acids is 1. The molecule has 2 saturated heterocycles. The summed E-state index contributed by atoms with van der Waals surface area (Å²) in [6.45, 7) is -0.926. The van der Waals surface area contributed by atoms with Gasteiger partial charge in [-0.05, 0) is 6.42 Å². The van der Waals surface area contributed by atoms with Crippen LogP contribution < -0.4 is 22.5 Å². The van der Waals surface area contributed by atoms with E-state index in [1.54, 1.807) is 0 Å². The summed E-state index contributed by atoms with van der Waals surface area (Å²) < 4.78 is 22.4. The van der Waals surface area contributed by atoms with Crippen molar-refractivity contribution >= 4 is 6.29 Å². The van der Waals surface area contributed by atoms with Crippen LogP contribution in [-0.2, 0) is 23.7 Å². The highest BCUT2D eigenvalue weighted by Gasteiger charge is 2.50. The van der Waals surface area contributed by atoms with Gasteiger partial charge in [-0.2, -0.15) is 0 Å². The third-order valence-corrected chi connectivity index (χ3v) is 6.50. The van der Waals surface area contributed by atoms with Crippen LogP contribution in [0.15, 0.2) is 0 Å². The minimum absolute atomic E-state index is 0.112. The topological polar surface area (TPSA) is 265 Å². The highest BCUT2D eigenvalue weighted by atomic mass is 16.7. The van der Waals surface area contributed by atoms with Crippen LogP contribution in [0.5, 0.6) is 0 Å². The highest BCUT2D eigenvalue weighted by Crippen LogP contribution is 2.30. The zero-order chi connectivity index (χ0) is 25.2. The molecule has 0 amide bonds. The van der Waals surface area contributed by atoms with E-state index in [1.807, 2.05) is 0 Å². The number of nitrogens with one attached hydrogen (secondary N) is 1. The molecule has 0 radical (unpaired) electrons. The summed E-state index contributed by atoms with van der Waals surface area (Å²) in [6.07, 6.45) is -12.2. The smallest absolute Gasteiger partial charge is 0.185 e. The molecule has 2 heterocycles. The zero-order valence-corrected chi connectivity index (χ0v) is 18.4. The number of rotatable bonds is 8. The van der Waals surface area contributed by atoms with Crippen molar-refractivity contribution < 1.29 is 54.4 Å². The van der Waals surface area contributed by atoms with E-state index in [4.69, 9.17) is 36.1 Å². The normalized spacial score (nSPS) is 50.1. The molecule has 0 spiro atoms. The van der Waals surface area contributed by atoms with Crippen molar-refractivity contribution in [1.82, 2.24) is 5.32 Å². The number of hydrogen-bond donors (Lipinski definition) is 10. The standard InChI is InChI=1S/C19H36N4O11/c20-6-3-7(21)17(34-19-14(29)11(23-1-2-24)8(26)5-31-19)15(30)16(6)33-18-10(22)13(28)12(27)9(4-25)32-18/h2,6-19,23,25-30H,1,3-5,20-22H2/t6-,7-,8+,9-,10+,11-,12-,13+,14-,15+,16-,17+,18-,19+/m1/s1. The summed E-state index contributed by atoms with van der Waals surface area (Å²) in [4.78, 5) is 10.7. The minimum atomic E-state index is -1.46. The monoisotopic (exact) mass is 496 g/mol. The van der Waals surface area contributed by atoms with Crippen LogP contribution in [0.2, 0.25) is 0 Å². The van der Waals surface area contributed by atoms with E-state index in [0.717, 1.165) is 0 Å². The van der Waals surface area contributed by atoms with E-state index in [2.05, 4.69) is 5.32 Å². The molecule has 15 nitrogen and oxygen atoms in total. The fourth-order valence-electron chi connectivity index (χ4n) is 4.53. The number of nitrogens with two attached hydrogens (primary N) is 3. The Bertz CT molecular complexity index is 664. The Morgan fingerprint density at radius 3 is 2.12 bits per heavy atom. The second-order valence-electron chi connectivity index (χ2n) is 8.90. The van der Waals surface area contributed by atoms with Crippen molar-refractivity contribution in [2.75, 3.05) is 19.8 Å². The lowest BCUT2D eigenvalue weighted by Gasteiger charge is -2.47. The number of aliphatic hydroxyl groups excluding tert-OH is 6. The van der Waals surface area contributed by atoms with E-state index < -0.39 is 92.2 Å². The maximum atomic E-state index is 11.0. The largest absolute Gasteiger partial charge is 0.394 e. The highest BCUT2D eigenvalue weighted by molar-refractivity contribution is 5.51. The summed E-state index contributed by atoms with van der Waals surface area (Å²) in [5.74, 6) is 0. The van der Waals surface area contributed by atoms with Crippen molar-refractivity contribution in [3.05, 3.63) is 0 Å². The van der Waals surface area contributed by atoms with Gasteiger partial charge in [0.05, 0.1) is 37.9 Å². The molecule has 13 N–H and O–H groups in total. The van der Waals surface area contributed by atoms with E-state index in [9.17, 15) is 35.4 Å². The second-order valence-corrected chi connectivity index (χ2v) is 8.90. The van der Waals surface area contributed by atoms with Crippen LogP contribution in [0.4, 0.5) is 0 Å². The van der Waals surface area contributed by atoms with Gasteiger partial charge in [-0.1, -0.05) is 0 Å². The van der Waals surface area contributed by atoms with Gasteiger partial charge < -0.3 is 76.9 Å². The first-order chi connectivity index (χ1) is 16.1. The van der Waals surface area contributed by atoms with Crippen LogP contribution in [0, 0.1) is 0 Å². The average molecular weight is 497 g/mol. The lowest BCUT2D eigenvalue weighted by Crippen LogP contribution is -2.68. The Kier molecular flexibility index (Phi) is 9.69. The molecule has 198 valence electrons. The van der Waals surface area contributed by atoms with Gasteiger partial charge in [0.1, 0.15) is 49.0 Å². The van der Waals surface area contributed by atoms with Gasteiger partial charge >= 0.3 is 0 Å². The van der Waals surface area contributed by atoms with Crippen LogP contribution >= 0.6 is 0 Å². The molecule has 15 heteroatoms. The van der Waals surface area contributed by atoms with Gasteiger partial charge in [0.15, 0.2) is 12.6 Å². The first kappa shape index (κ1) is 27.7. The fraction of sp³-hybridized carbons (Fsp3) is 0.947. The molecule has 0 aromatic carbocycles.